The van der Waals surface area contributed by atoms with Gasteiger partial charge in [0.05, 0.1) is 6.20 Å². The van der Waals surface area contributed by atoms with Crippen molar-refractivity contribution < 1.29 is 0 Å². The lowest BCUT2D eigenvalue weighted by atomic mass is 10.6. The molecule has 2 heterocycles. The van der Waals surface area contributed by atoms with Gasteiger partial charge in [0.2, 0.25) is 0 Å². The molecule has 0 radical (unpaired) electrons. The molecule has 6 heteroatoms. The third-order valence-electron chi connectivity index (χ3n) is 1.27. The lowest BCUT2D eigenvalue weighted by Crippen LogP contribution is -2.08. The van der Waals surface area contributed by atoms with Gasteiger partial charge in [0, 0.05) is 7.05 Å². The Morgan fingerprint density at radius 1 is 1.55 bits per heavy atom. The molecule has 0 spiro atoms. The van der Waals surface area contributed by atoms with Crippen molar-refractivity contribution in [1.29, 1.82) is 0 Å². The van der Waals surface area contributed by atoms with Crippen molar-refractivity contribution in [2.75, 3.05) is 0 Å². The van der Waals surface area contributed by atoms with Gasteiger partial charge in [-0.25, -0.2) is 4.79 Å². The number of aryl methyl sites for hydroxylation is 1. The number of hydrogen-bond donors (Lipinski definition) is 1. The highest BCUT2D eigenvalue weighted by Crippen LogP contribution is 1.97. The summed E-state index contributed by atoms with van der Waals surface area (Å²) >= 11 is 0. The lowest BCUT2D eigenvalue weighted by molar-refractivity contribution is 0.663. The fourth-order valence-electron chi connectivity index (χ4n) is 0.851. The molecular formula is C5H5N5O. The van der Waals surface area contributed by atoms with Gasteiger partial charge in [0.1, 0.15) is 5.52 Å². The zero-order valence-electron chi connectivity index (χ0n) is 5.77. The van der Waals surface area contributed by atoms with Gasteiger partial charge in [-0.15, -0.1) is 5.10 Å². The van der Waals surface area contributed by atoms with Gasteiger partial charge in [-0.1, -0.05) is 0 Å². The SMILES string of the molecule is Cn1nc2cnc(=O)[nH]c2n1. The molecule has 0 fully saturated rings. The van der Waals surface area contributed by atoms with E-state index in [1.807, 2.05) is 0 Å². The van der Waals surface area contributed by atoms with E-state index in [4.69, 9.17) is 0 Å². The van der Waals surface area contributed by atoms with E-state index in [0.29, 0.717) is 11.2 Å². The summed E-state index contributed by atoms with van der Waals surface area (Å²) in [5.41, 5.74) is 0.651. The molecule has 2 aromatic heterocycles. The van der Waals surface area contributed by atoms with E-state index in [1.165, 1.54) is 11.0 Å². The molecule has 2 aromatic rings. The van der Waals surface area contributed by atoms with Crippen LogP contribution in [0.25, 0.3) is 11.2 Å². The van der Waals surface area contributed by atoms with Gasteiger partial charge in [0.25, 0.3) is 0 Å². The first kappa shape index (κ1) is 6.02. The molecule has 11 heavy (non-hydrogen) atoms. The molecule has 0 saturated carbocycles. The highest BCUT2D eigenvalue weighted by Gasteiger charge is 1.99. The molecule has 6 nitrogen and oxygen atoms in total. The molecule has 0 bridgehead atoms. The Balaban J connectivity index is 2.92. The van der Waals surface area contributed by atoms with Gasteiger partial charge in [-0.2, -0.15) is 14.9 Å². The van der Waals surface area contributed by atoms with Crippen LogP contribution in [0, 0.1) is 0 Å². The number of aromatic nitrogens is 5. The summed E-state index contributed by atoms with van der Waals surface area (Å²) in [7, 11) is 1.68. The van der Waals surface area contributed by atoms with Gasteiger partial charge in [-0.3, -0.25) is 4.98 Å². The number of nitrogens with one attached hydrogen (secondary N) is 1. The predicted molar refractivity (Wildman–Crippen MR) is 36.9 cm³/mol. The number of aromatic amines is 1. The smallest absolute Gasteiger partial charge is 0.287 e. The minimum absolute atomic E-state index is 0.405. The van der Waals surface area contributed by atoms with Crippen LogP contribution in [0.5, 0.6) is 0 Å². The third-order valence-corrected chi connectivity index (χ3v) is 1.27. The maximum absolute atomic E-state index is 10.6. The van der Waals surface area contributed by atoms with E-state index < -0.39 is 5.69 Å². The van der Waals surface area contributed by atoms with Crippen LogP contribution in [0.2, 0.25) is 0 Å². The van der Waals surface area contributed by atoms with Gasteiger partial charge in [0.15, 0.2) is 5.65 Å². The zero-order chi connectivity index (χ0) is 7.84. The zero-order valence-corrected chi connectivity index (χ0v) is 5.77. The van der Waals surface area contributed by atoms with Crippen molar-refractivity contribution >= 4 is 11.2 Å². The molecule has 0 amide bonds. The maximum atomic E-state index is 10.6. The number of nitrogens with zero attached hydrogens (tertiary/aromatic N) is 4. The minimum atomic E-state index is -0.405. The number of rotatable bonds is 0. The normalized spacial score (nSPS) is 10.6. The summed E-state index contributed by atoms with van der Waals surface area (Å²) < 4.78 is 0. The number of H-pyrrole nitrogens is 1. The van der Waals surface area contributed by atoms with Crippen LogP contribution < -0.4 is 5.69 Å². The summed E-state index contributed by atoms with van der Waals surface area (Å²) in [6, 6.07) is 0. The highest BCUT2D eigenvalue weighted by atomic mass is 16.1. The van der Waals surface area contributed by atoms with Gasteiger partial charge >= 0.3 is 5.69 Å². The lowest BCUT2D eigenvalue weighted by Gasteiger charge is -1.79. The van der Waals surface area contributed by atoms with Crippen LogP contribution in [0.4, 0.5) is 0 Å². The Morgan fingerprint density at radius 2 is 2.36 bits per heavy atom. The first-order valence-electron chi connectivity index (χ1n) is 3.02. The Hall–Kier alpha value is -1.72. The van der Waals surface area contributed by atoms with Gasteiger partial charge < -0.3 is 0 Å². The van der Waals surface area contributed by atoms with E-state index in [2.05, 4.69) is 20.2 Å². The monoisotopic (exact) mass is 151 g/mol. The Labute approximate surface area is 60.9 Å². The summed E-state index contributed by atoms with van der Waals surface area (Å²) in [5.74, 6) is 0. The predicted octanol–water partition coefficient (Wildman–Crippen LogP) is -0.948. The fraction of sp³-hybridized carbons (Fsp3) is 0.200. The van der Waals surface area contributed by atoms with Crippen molar-refractivity contribution in [2.24, 2.45) is 7.05 Å². The van der Waals surface area contributed by atoms with E-state index >= 15 is 0 Å². The van der Waals surface area contributed by atoms with Crippen LogP contribution in [0.3, 0.4) is 0 Å². The Bertz CT molecular complexity index is 441. The fourth-order valence-corrected chi connectivity index (χ4v) is 0.851. The summed E-state index contributed by atoms with van der Waals surface area (Å²) in [4.78, 5) is 18.0. The topological polar surface area (TPSA) is 76.5 Å². The standard InChI is InChI=1S/C5H5N5O/c1-10-8-3-2-6-5(11)7-4(3)9-10/h2H,1H3,(H,7,9,11). The largest absolute Gasteiger partial charge is 0.346 e. The van der Waals surface area contributed by atoms with Crippen LogP contribution in [-0.2, 0) is 7.05 Å². The van der Waals surface area contributed by atoms with Gasteiger partial charge in [-0.05, 0) is 0 Å². The Kier molecular flexibility index (Phi) is 1.03. The molecular weight excluding hydrogens is 146 g/mol. The van der Waals surface area contributed by atoms with Crippen molar-refractivity contribution in [3.05, 3.63) is 16.7 Å². The van der Waals surface area contributed by atoms with Crippen LogP contribution in [0.1, 0.15) is 0 Å². The highest BCUT2D eigenvalue weighted by molar-refractivity contribution is 5.66. The van der Waals surface area contributed by atoms with Crippen molar-refractivity contribution in [3.8, 4) is 0 Å². The average molecular weight is 151 g/mol. The average Bonchev–Trinajstić information content (AvgIpc) is 2.27. The summed E-state index contributed by atoms with van der Waals surface area (Å²) in [6.45, 7) is 0. The van der Waals surface area contributed by atoms with E-state index in [9.17, 15) is 4.79 Å². The molecule has 1 N–H and O–H groups in total. The number of fused-ring (bicyclic) bond motifs is 1. The minimum Gasteiger partial charge on any atom is -0.287 e. The molecule has 0 aliphatic carbocycles. The molecule has 0 aromatic carbocycles. The van der Waals surface area contributed by atoms with Crippen LogP contribution in [-0.4, -0.2) is 25.0 Å². The first-order valence-corrected chi connectivity index (χ1v) is 3.02. The van der Waals surface area contributed by atoms with Crippen LogP contribution in [0.15, 0.2) is 11.0 Å². The third kappa shape index (κ3) is 0.878. The summed E-state index contributed by atoms with van der Waals surface area (Å²) in [6.07, 6.45) is 1.39. The van der Waals surface area contributed by atoms with Crippen LogP contribution >= 0.6 is 0 Å². The molecule has 56 valence electrons. The maximum Gasteiger partial charge on any atom is 0.346 e. The molecule has 0 atom stereocenters. The summed E-state index contributed by atoms with van der Waals surface area (Å²) in [5, 5.41) is 7.81. The molecule has 0 aliphatic rings. The molecule has 2 rings (SSSR count). The van der Waals surface area contributed by atoms with Crippen molar-refractivity contribution in [3.63, 3.8) is 0 Å². The first-order chi connectivity index (χ1) is 5.25. The second kappa shape index (κ2) is 1.88. The number of hydrogen-bond acceptors (Lipinski definition) is 4. The van der Waals surface area contributed by atoms with E-state index in [0.717, 1.165) is 0 Å². The molecule has 0 unspecified atom stereocenters. The second-order valence-electron chi connectivity index (χ2n) is 2.11. The Morgan fingerprint density at radius 3 is 3.18 bits per heavy atom. The second-order valence-corrected chi connectivity index (χ2v) is 2.11. The van der Waals surface area contributed by atoms with E-state index in [-0.39, 0.29) is 0 Å². The van der Waals surface area contributed by atoms with Crippen molar-refractivity contribution in [1.82, 2.24) is 25.0 Å². The molecule has 0 aliphatic heterocycles. The molecule has 0 saturated heterocycles. The van der Waals surface area contributed by atoms with Crippen molar-refractivity contribution in [2.45, 2.75) is 0 Å². The quantitative estimate of drug-likeness (QED) is 0.526. The van der Waals surface area contributed by atoms with E-state index in [1.54, 1.807) is 7.05 Å².